The van der Waals surface area contributed by atoms with Crippen LogP contribution in [0.3, 0.4) is 0 Å². The Morgan fingerprint density at radius 1 is 1.17 bits per heavy atom. The van der Waals surface area contributed by atoms with E-state index < -0.39 is 5.54 Å². The highest BCUT2D eigenvalue weighted by atomic mass is 16.5. The van der Waals surface area contributed by atoms with Crippen molar-refractivity contribution >= 4 is 11.6 Å². The van der Waals surface area contributed by atoms with Gasteiger partial charge < -0.3 is 20.3 Å². The molecule has 2 saturated heterocycles. The number of likely N-dealkylation sites (tertiary alicyclic amines) is 1. The minimum absolute atomic E-state index is 0.0981. The Bertz CT molecular complexity index is 845. The number of hydrogen-bond acceptors (Lipinski definition) is 6. The first-order valence-corrected chi connectivity index (χ1v) is 10.3. The van der Waals surface area contributed by atoms with Gasteiger partial charge in [-0.25, -0.2) is 4.68 Å². The number of rotatable bonds is 4. The molecule has 8 nitrogen and oxygen atoms in total. The van der Waals surface area contributed by atoms with Crippen molar-refractivity contribution in [3.05, 3.63) is 41.7 Å². The monoisotopic (exact) mass is 398 g/mol. The van der Waals surface area contributed by atoms with Crippen molar-refractivity contribution in [2.45, 2.75) is 38.3 Å². The molecule has 4 rings (SSSR count). The molecule has 2 aliphatic rings. The topological polar surface area (TPSA) is 89.5 Å². The Kier molecular flexibility index (Phi) is 5.56. The van der Waals surface area contributed by atoms with E-state index in [1.165, 1.54) is 0 Å². The summed E-state index contributed by atoms with van der Waals surface area (Å²) in [5.74, 6) is 0.0981. The summed E-state index contributed by atoms with van der Waals surface area (Å²) in [4.78, 5) is 17.3. The van der Waals surface area contributed by atoms with Crippen LogP contribution in [0.1, 0.15) is 48.8 Å². The lowest BCUT2D eigenvalue weighted by Crippen LogP contribution is -2.39. The Morgan fingerprint density at radius 2 is 1.90 bits per heavy atom. The second-order valence-electron chi connectivity index (χ2n) is 8.48. The Morgan fingerprint density at radius 3 is 2.55 bits per heavy atom. The van der Waals surface area contributed by atoms with Gasteiger partial charge in [0, 0.05) is 37.4 Å². The number of nitrogens with two attached hydrogens (primary N) is 1. The zero-order chi connectivity index (χ0) is 20.4. The van der Waals surface area contributed by atoms with Crippen LogP contribution in [-0.2, 0) is 10.3 Å². The Hall–Kier alpha value is -2.45. The Balaban J connectivity index is 1.38. The third kappa shape index (κ3) is 4.43. The zero-order valence-electron chi connectivity index (χ0n) is 17.3. The van der Waals surface area contributed by atoms with Crippen LogP contribution in [0, 0.1) is 0 Å². The third-order valence-corrected chi connectivity index (χ3v) is 5.77. The largest absolute Gasteiger partial charge is 0.378 e. The number of amides is 1. The van der Waals surface area contributed by atoms with Crippen molar-refractivity contribution in [3.63, 3.8) is 0 Å². The molecule has 2 fully saturated rings. The predicted octanol–water partition coefficient (Wildman–Crippen LogP) is 1.79. The van der Waals surface area contributed by atoms with E-state index in [1.54, 1.807) is 0 Å². The van der Waals surface area contributed by atoms with E-state index in [1.807, 2.05) is 47.8 Å². The number of benzene rings is 1. The summed E-state index contributed by atoms with van der Waals surface area (Å²) in [6.07, 6.45) is 3.67. The van der Waals surface area contributed by atoms with E-state index in [4.69, 9.17) is 10.5 Å². The van der Waals surface area contributed by atoms with Gasteiger partial charge in [-0.15, -0.1) is 5.10 Å². The summed E-state index contributed by atoms with van der Waals surface area (Å²) in [7, 11) is 0. The maximum atomic E-state index is 13.0. The number of morpholine rings is 1. The highest BCUT2D eigenvalue weighted by molar-refractivity contribution is 5.95. The number of piperidine rings is 1. The van der Waals surface area contributed by atoms with Gasteiger partial charge >= 0.3 is 0 Å². The molecule has 0 radical (unpaired) electrons. The van der Waals surface area contributed by atoms with Crippen LogP contribution in [0.25, 0.3) is 0 Å². The molecule has 8 heteroatoms. The fourth-order valence-corrected chi connectivity index (χ4v) is 3.92. The number of anilines is 1. The minimum atomic E-state index is -0.500. The average Bonchev–Trinajstić information content (AvgIpc) is 3.25. The molecule has 0 bridgehead atoms. The van der Waals surface area contributed by atoms with E-state index in [9.17, 15) is 4.79 Å². The molecule has 1 aromatic carbocycles. The van der Waals surface area contributed by atoms with E-state index in [0.29, 0.717) is 13.1 Å². The lowest BCUT2D eigenvalue weighted by atomic mass is 10.0. The van der Waals surface area contributed by atoms with Crippen LogP contribution in [0.2, 0.25) is 0 Å². The van der Waals surface area contributed by atoms with Gasteiger partial charge in [-0.3, -0.25) is 4.79 Å². The number of aromatic nitrogens is 3. The normalized spacial score (nSPS) is 18.9. The lowest BCUT2D eigenvalue weighted by molar-refractivity contribution is 0.0689. The van der Waals surface area contributed by atoms with Crippen LogP contribution >= 0.6 is 0 Å². The first-order valence-electron chi connectivity index (χ1n) is 10.3. The van der Waals surface area contributed by atoms with Crippen molar-refractivity contribution < 1.29 is 9.53 Å². The molecule has 0 spiro atoms. The van der Waals surface area contributed by atoms with Crippen molar-refractivity contribution in [1.29, 1.82) is 0 Å². The van der Waals surface area contributed by atoms with Crippen LogP contribution in [-0.4, -0.2) is 65.2 Å². The molecule has 0 unspecified atom stereocenters. The van der Waals surface area contributed by atoms with Crippen LogP contribution in [0.4, 0.5) is 5.69 Å². The van der Waals surface area contributed by atoms with Crippen molar-refractivity contribution in [3.8, 4) is 0 Å². The van der Waals surface area contributed by atoms with Gasteiger partial charge in [-0.1, -0.05) is 11.3 Å². The standard InChI is InChI=1S/C21H30N6O2/c1-21(2,22)19-15-27(24-23-19)17-6-8-26(9-7-17)20(28)16-4-3-5-18(14-16)25-10-12-29-13-11-25/h3-5,14-15,17H,6-13,22H2,1-2H3. The fourth-order valence-electron chi connectivity index (χ4n) is 3.92. The minimum Gasteiger partial charge on any atom is -0.378 e. The van der Waals surface area contributed by atoms with Crippen LogP contribution in [0.5, 0.6) is 0 Å². The summed E-state index contributed by atoms with van der Waals surface area (Å²) in [5.41, 5.74) is 8.24. The Labute approximate surface area is 171 Å². The molecule has 156 valence electrons. The zero-order valence-corrected chi connectivity index (χ0v) is 17.3. The molecule has 1 aromatic heterocycles. The number of carbonyl (C=O) groups is 1. The van der Waals surface area contributed by atoms with Crippen molar-refractivity contribution in [1.82, 2.24) is 19.9 Å². The molecule has 2 N–H and O–H groups in total. The van der Waals surface area contributed by atoms with Gasteiger partial charge in [-0.2, -0.15) is 0 Å². The van der Waals surface area contributed by atoms with Gasteiger partial charge in [0.15, 0.2) is 0 Å². The molecule has 3 heterocycles. The molecule has 29 heavy (non-hydrogen) atoms. The molecule has 1 amide bonds. The molecule has 0 saturated carbocycles. The quantitative estimate of drug-likeness (QED) is 0.845. The lowest BCUT2D eigenvalue weighted by Gasteiger charge is -2.32. The molecule has 0 aliphatic carbocycles. The first-order chi connectivity index (χ1) is 13.9. The molecular formula is C21H30N6O2. The van der Waals surface area contributed by atoms with Gasteiger partial charge in [0.05, 0.1) is 31.0 Å². The van der Waals surface area contributed by atoms with Gasteiger partial charge in [-0.05, 0) is 44.9 Å². The molecule has 2 aromatic rings. The number of carbonyl (C=O) groups excluding carboxylic acids is 1. The van der Waals surface area contributed by atoms with Crippen molar-refractivity contribution in [2.75, 3.05) is 44.3 Å². The average molecular weight is 399 g/mol. The summed E-state index contributed by atoms with van der Waals surface area (Å²) in [6.45, 7) is 8.47. The van der Waals surface area contributed by atoms with Crippen LogP contribution < -0.4 is 10.6 Å². The third-order valence-electron chi connectivity index (χ3n) is 5.77. The fraction of sp³-hybridized carbons (Fsp3) is 0.571. The van der Waals surface area contributed by atoms with Gasteiger partial charge in [0.2, 0.25) is 0 Å². The summed E-state index contributed by atoms with van der Waals surface area (Å²) < 4.78 is 7.33. The number of hydrogen-bond donors (Lipinski definition) is 1. The molecule has 2 aliphatic heterocycles. The van der Waals surface area contributed by atoms with Gasteiger partial charge in [0.25, 0.3) is 5.91 Å². The second kappa shape index (κ2) is 8.12. The number of nitrogens with zero attached hydrogens (tertiary/aromatic N) is 5. The highest BCUT2D eigenvalue weighted by Gasteiger charge is 2.27. The molecule has 0 atom stereocenters. The van der Waals surface area contributed by atoms with E-state index >= 15 is 0 Å². The predicted molar refractivity (Wildman–Crippen MR) is 111 cm³/mol. The maximum absolute atomic E-state index is 13.0. The number of ether oxygens (including phenoxy) is 1. The first kappa shape index (κ1) is 19.8. The summed E-state index contributed by atoms with van der Waals surface area (Å²) >= 11 is 0. The van der Waals surface area contributed by atoms with E-state index in [2.05, 4.69) is 21.3 Å². The van der Waals surface area contributed by atoms with Gasteiger partial charge in [0.1, 0.15) is 5.69 Å². The molecular weight excluding hydrogens is 368 g/mol. The summed E-state index contributed by atoms with van der Waals surface area (Å²) in [6, 6.07) is 8.20. The second-order valence-corrected chi connectivity index (χ2v) is 8.48. The maximum Gasteiger partial charge on any atom is 0.253 e. The van der Waals surface area contributed by atoms with Crippen LogP contribution in [0.15, 0.2) is 30.5 Å². The SMILES string of the molecule is CC(C)(N)c1cn(C2CCN(C(=O)c3cccc(N4CCOCC4)c3)CC2)nn1. The smallest absolute Gasteiger partial charge is 0.253 e. The van der Waals surface area contributed by atoms with E-state index in [0.717, 1.165) is 56.1 Å². The highest BCUT2D eigenvalue weighted by Crippen LogP contribution is 2.25. The van der Waals surface area contributed by atoms with E-state index in [-0.39, 0.29) is 11.9 Å². The summed E-state index contributed by atoms with van der Waals surface area (Å²) in [5, 5.41) is 8.48. The van der Waals surface area contributed by atoms with Crippen molar-refractivity contribution in [2.24, 2.45) is 5.73 Å².